The standard InChI is InChI=1S/C22H19NO5/c1-27-20-5-3-2-4-19(20)23-21(24)16-10-12-18(13-11-16)28-14-15-6-8-17(9-7-15)22(25)26/h2-13H,14H2,1H3,(H,23,24)(H,25,26). The zero-order chi connectivity index (χ0) is 19.9. The van der Waals surface area contributed by atoms with Crippen LogP contribution in [-0.4, -0.2) is 24.1 Å². The van der Waals surface area contributed by atoms with Crippen LogP contribution in [0.15, 0.2) is 72.8 Å². The Morgan fingerprint density at radius 1 is 0.893 bits per heavy atom. The van der Waals surface area contributed by atoms with Gasteiger partial charge in [0.15, 0.2) is 0 Å². The molecule has 0 spiro atoms. The van der Waals surface area contributed by atoms with Gasteiger partial charge in [-0.2, -0.15) is 0 Å². The summed E-state index contributed by atoms with van der Waals surface area (Å²) >= 11 is 0. The van der Waals surface area contributed by atoms with Crippen molar-refractivity contribution >= 4 is 17.6 Å². The van der Waals surface area contributed by atoms with Crippen molar-refractivity contribution in [1.82, 2.24) is 0 Å². The van der Waals surface area contributed by atoms with E-state index < -0.39 is 5.97 Å². The predicted octanol–water partition coefficient (Wildman–Crippen LogP) is 4.22. The van der Waals surface area contributed by atoms with Crippen molar-refractivity contribution in [2.24, 2.45) is 0 Å². The molecule has 0 atom stereocenters. The van der Waals surface area contributed by atoms with E-state index >= 15 is 0 Å². The van der Waals surface area contributed by atoms with Crippen LogP contribution in [0.2, 0.25) is 0 Å². The third kappa shape index (κ3) is 4.67. The average molecular weight is 377 g/mol. The molecular formula is C22H19NO5. The number of para-hydroxylation sites is 2. The number of carboxylic acids is 1. The summed E-state index contributed by atoms with van der Waals surface area (Å²) < 4.78 is 10.9. The summed E-state index contributed by atoms with van der Waals surface area (Å²) in [6, 6.07) is 20.4. The van der Waals surface area contributed by atoms with Crippen LogP contribution in [0.1, 0.15) is 26.3 Å². The number of benzene rings is 3. The fourth-order valence-corrected chi connectivity index (χ4v) is 2.56. The summed E-state index contributed by atoms with van der Waals surface area (Å²) in [5.41, 5.74) is 2.17. The van der Waals surface area contributed by atoms with Gasteiger partial charge in [0.25, 0.3) is 5.91 Å². The minimum Gasteiger partial charge on any atom is -0.495 e. The number of carbonyl (C=O) groups is 2. The van der Waals surface area contributed by atoms with Gasteiger partial charge in [-0.15, -0.1) is 0 Å². The van der Waals surface area contributed by atoms with E-state index in [0.29, 0.717) is 29.4 Å². The lowest BCUT2D eigenvalue weighted by Gasteiger charge is -2.10. The number of hydrogen-bond donors (Lipinski definition) is 2. The molecule has 0 radical (unpaired) electrons. The molecule has 0 aliphatic heterocycles. The summed E-state index contributed by atoms with van der Waals surface area (Å²) in [5, 5.41) is 11.7. The van der Waals surface area contributed by atoms with Gasteiger partial charge >= 0.3 is 5.97 Å². The molecule has 6 nitrogen and oxygen atoms in total. The highest BCUT2D eigenvalue weighted by Gasteiger charge is 2.09. The molecule has 0 aromatic heterocycles. The van der Waals surface area contributed by atoms with Crippen LogP contribution >= 0.6 is 0 Å². The molecule has 3 aromatic rings. The molecule has 0 aliphatic carbocycles. The van der Waals surface area contributed by atoms with Gasteiger partial charge < -0.3 is 19.9 Å². The predicted molar refractivity (Wildman–Crippen MR) is 105 cm³/mol. The highest BCUT2D eigenvalue weighted by molar-refractivity contribution is 6.05. The van der Waals surface area contributed by atoms with Crippen molar-refractivity contribution in [3.8, 4) is 11.5 Å². The maximum Gasteiger partial charge on any atom is 0.335 e. The van der Waals surface area contributed by atoms with E-state index in [9.17, 15) is 9.59 Å². The van der Waals surface area contributed by atoms with Crippen molar-refractivity contribution in [2.45, 2.75) is 6.61 Å². The van der Waals surface area contributed by atoms with E-state index in [2.05, 4.69) is 5.32 Å². The normalized spacial score (nSPS) is 10.2. The molecule has 2 N–H and O–H groups in total. The molecule has 142 valence electrons. The molecule has 0 saturated heterocycles. The molecule has 0 saturated carbocycles. The summed E-state index contributed by atoms with van der Waals surface area (Å²) in [6.45, 7) is 0.298. The molecule has 0 bridgehead atoms. The van der Waals surface area contributed by atoms with E-state index in [0.717, 1.165) is 5.56 Å². The van der Waals surface area contributed by atoms with E-state index in [1.807, 2.05) is 12.1 Å². The molecule has 1 amide bonds. The topological polar surface area (TPSA) is 84.9 Å². The first-order valence-corrected chi connectivity index (χ1v) is 8.56. The number of rotatable bonds is 7. The molecule has 3 rings (SSSR count). The molecule has 0 fully saturated rings. The number of carbonyl (C=O) groups excluding carboxylic acids is 1. The van der Waals surface area contributed by atoms with Crippen LogP contribution in [0.5, 0.6) is 11.5 Å². The maximum absolute atomic E-state index is 12.4. The minimum absolute atomic E-state index is 0.231. The van der Waals surface area contributed by atoms with Gasteiger partial charge in [0.2, 0.25) is 0 Å². The average Bonchev–Trinajstić information content (AvgIpc) is 2.73. The van der Waals surface area contributed by atoms with E-state index in [1.54, 1.807) is 55.6 Å². The molecular weight excluding hydrogens is 358 g/mol. The summed E-state index contributed by atoms with van der Waals surface area (Å²) in [6.07, 6.45) is 0. The summed E-state index contributed by atoms with van der Waals surface area (Å²) in [7, 11) is 1.55. The second-order valence-corrected chi connectivity index (χ2v) is 5.97. The van der Waals surface area contributed by atoms with Gasteiger partial charge in [0.1, 0.15) is 18.1 Å². The van der Waals surface area contributed by atoms with Crippen molar-refractivity contribution in [1.29, 1.82) is 0 Å². The smallest absolute Gasteiger partial charge is 0.335 e. The fourth-order valence-electron chi connectivity index (χ4n) is 2.56. The van der Waals surface area contributed by atoms with Gasteiger partial charge in [-0.1, -0.05) is 24.3 Å². The number of ether oxygens (including phenoxy) is 2. The molecule has 0 aliphatic rings. The lowest BCUT2D eigenvalue weighted by atomic mass is 10.1. The number of carboxylic acid groups (broad SMARTS) is 1. The molecule has 6 heteroatoms. The number of nitrogens with one attached hydrogen (secondary N) is 1. The SMILES string of the molecule is COc1ccccc1NC(=O)c1ccc(OCc2ccc(C(=O)O)cc2)cc1. The molecule has 3 aromatic carbocycles. The highest BCUT2D eigenvalue weighted by Crippen LogP contribution is 2.24. The lowest BCUT2D eigenvalue weighted by Crippen LogP contribution is -2.12. The Balaban J connectivity index is 1.59. The van der Waals surface area contributed by atoms with Gasteiger partial charge in [0.05, 0.1) is 18.4 Å². The van der Waals surface area contributed by atoms with Gasteiger partial charge in [0, 0.05) is 5.56 Å². The Morgan fingerprint density at radius 2 is 1.54 bits per heavy atom. The van der Waals surface area contributed by atoms with Crippen molar-refractivity contribution in [3.63, 3.8) is 0 Å². The zero-order valence-corrected chi connectivity index (χ0v) is 15.2. The maximum atomic E-state index is 12.4. The molecule has 0 unspecified atom stereocenters. The van der Waals surface area contributed by atoms with Crippen LogP contribution in [0.3, 0.4) is 0 Å². The van der Waals surface area contributed by atoms with Crippen molar-refractivity contribution in [3.05, 3.63) is 89.5 Å². The van der Waals surface area contributed by atoms with Gasteiger partial charge in [-0.25, -0.2) is 4.79 Å². The minimum atomic E-state index is -0.963. The second-order valence-electron chi connectivity index (χ2n) is 5.97. The molecule has 28 heavy (non-hydrogen) atoms. The third-order valence-corrected chi connectivity index (χ3v) is 4.08. The first-order valence-electron chi connectivity index (χ1n) is 8.56. The fraction of sp³-hybridized carbons (Fsp3) is 0.0909. The quantitative estimate of drug-likeness (QED) is 0.644. The lowest BCUT2D eigenvalue weighted by molar-refractivity contribution is 0.0696. The Labute approximate surface area is 162 Å². The van der Waals surface area contributed by atoms with E-state index in [1.165, 1.54) is 12.1 Å². The first kappa shape index (κ1) is 19.0. The summed E-state index contributed by atoms with van der Waals surface area (Å²) in [5.74, 6) is -0.0179. The summed E-state index contributed by atoms with van der Waals surface area (Å²) in [4.78, 5) is 23.3. The number of aromatic carboxylic acids is 1. The van der Waals surface area contributed by atoms with Crippen LogP contribution in [-0.2, 0) is 6.61 Å². The first-order chi connectivity index (χ1) is 13.6. The van der Waals surface area contributed by atoms with E-state index in [-0.39, 0.29) is 11.5 Å². The Bertz CT molecular complexity index is 965. The molecule has 0 heterocycles. The largest absolute Gasteiger partial charge is 0.495 e. The van der Waals surface area contributed by atoms with Gasteiger partial charge in [-0.05, 0) is 54.1 Å². The third-order valence-electron chi connectivity index (χ3n) is 4.08. The van der Waals surface area contributed by atoms with Crippen LogP contribution in [0, 0.1) is 0 Å². The van der Waals surface area contributed by atoms with Gasteiger partial charge in [-0.3, -0.25) is 4.79 Å². The number of hydrogen-bond acceptors (Lipinski definition) is 4. The second kappa shape index (κ2) is 8.73. The Hall–Kier alpha value is -3.80. The van der Waals surface area contributed by atoms with Crippen LogP contribution in [0.25, 0.3) is 0 Å². The van der Waals surface area contributed by atoms with Crippen LogP contribution < -0.4 is 14.8 Å². The monoisotopic (exact) mass is 377 g/mol. The van der Waals surface area contributed by atoms with Crippen molar-refractivity contribution in [2.75, 3.05) is 12.4 Å². The number of amides is 1. The van der Waals surface area contributed by atoms with Crippen molar-refractivity contribution < 1.29 is 24.2 Å². The van der Waals surface area contributed by atoms with Crippen LogP contribution in [0.4, 0.5) is 5.69 Å². The number of methoxy groups -OCH3 is 1. The zero-order valence-electron chi connectivity index (χ0n) is 15.2. The Morgan fingerprint density at radius 3 is 2.18 bits per heavy atom. The highest BCUT2D eigenvalue weighted by atomic mass is 16.5. The Kier molecular flexibility index (Phi) is 5.91. The number of anilines is 1. The van der Waals surface area contributed by atoms with E-state index in [4.69, 9.17) is 14.6 Å².